The van der Waals surface area contributed by atoms with Crippen molar-refractivity contribution in [1.82, 2.24) is 0 Å². The van der Waals surface area contributed by atoms with Gasteiger partial charge in [0.05, 0.1) is 0 Å². The Morgan fingerprint density at radius 2 is 2.25 bits per heavy atom. The molecule has 0 saturated carbocycles. The van der Waals surface area contributed by atoms with Crippen molar-refractivity contribution in [3.63, 3.8) is 0 Å². The first-order chi connectivity index (χ1) is 5.61. The summed E-state index contributed by atoms with van der Waals surface area (Å²) in [5.41, 5.74) is 1.04. The molecule has 0 bridgehead atoms. The lowest BCUT2D eigenvalue weighted by atomic mass is 10.4. The summed E-state index contributed by atoms with van der Waals surface area (Å²) in [7, 11) is -3.37. The van der Waals surface area contributed by atoms with Crippen LogP contribution in [0, 0.1) is 5.41 Å². The van der Waals surface area contributed by atoms with Crippen molar-refractivity contribution < 1.29 is 8.42 Å². The zero-order valence-electron chi connectivity index (χ0n) is 5.86. The molecule has 1 N–H and O–H groups in total. The number of hydrogen-bond acceptors (Lipinski definition) is 4. The fourth-order valence-electron chi connectivity index (χ4n) is 0.738. The Morgan fingerprint density at radius 3 is 2.75 bits per heavy atom. The van der Waals surface area contributed by atoms with Gasteiger partial charge in [0.15, 0.2) is 0 Å². The van der Waals surface area contributed by atoms with E-state index < -0.39 is 9.84 Å². The largest absolute Gasteiger partial charge is 0.306 e. The minimum atomic E-state index is -3.37. The highest BCUT2D eigenvalue weighted by atomic mass is 127. The van der Waals surface area contributed by atoms with E-state index in [0.29, 0.717) is 0 Å². The van der Waals surface area contributed by atoms with Crippen LogP contribution in [0.3, 0.4) is 0 Å². The zero-order valence-corrected chi connectivity index (χ0v) is 8.83. The van der Waals surface area contributed by atoms with Crippen molar-refractivity contribution in [2.24, 2.45) is 4.99 Å². The number of allylic oxidation sites excluding steroid dienone is 2. The van der Waals surface area contributed by atoms with Crippen LogP contribution in [0.4, 0.5) is 0 Å². The molecule has 0 fully saturated rings. The third-order valence-electron chi connectivity index (χ3n) is 1.24. The normalized spacial score (nSPS) is 20.8. The molecule has 6 heteroatoms. The first-order valence-electron chi connectivity index (χ1n) is 2.92. The Hall–Kier alpha value is -0.500. The van der Waals surface area contributed by atoms with Gasteiger partial charge in [-0.2, -0.15) is 0 Å². The average Bonchev–Trinajstić information content (AvgIpc) is 2.29. The van der Waals surface area contributed by atoms with Gasteiger partial charge in [0.25, 0.3) is 0 Å². The molecule has 1 aliphatic rings. The monoisotopic (exact) mass is 296 g/mol. The SMILES string of the molecule is N=CC1=C(/C=C\I)S(=O)(=O)C=N1. The molecule has 4 nitrogen and oxygen atoms in total. The van der Waals surface area contributed by atoms with Gasteiger partial charge in [0.2, 0.25) is 9.84 Å². The molecule has 0 aromatic heterocycles. The average molecular weight is 296 g/mol. The van der Waals surface area contributed by atoms with Crippen LogP contribution in [0.2, 0.25) is 0 Å². The fourth-order valence-corrected chi connectivity index (χ4v) is 2.37. The zero-order chi connectivity index (χ0) is 9.19. The second-order valence-corrected chi connectivity index (χ2v) is 4.43. The van der Waals surface area contributed by atoms with Gasteiger partial charge in [-0.05, 0) is 10.2 Å². The molecule has 0 radical (unpaired) electrons. The summed E-state index contributed by atoms with van der Waals surface area (Å²) in [6, 6.07) is 0. The second-order valence-electron chi connectivity index (χ2n) is 1.97. The molecule has 0 unspecified atom stereocenters. The Labute approximate surface area is 83.6 Å². The Balaban J connectivity index is 3.32. The molecule has 0 saturated heterocycles. The molecule has 1 rings (SSSR count). The van der Waals surface area contributed by atoms with E-state index in [9.17, 15) is 8.42 Å². The maximum Gasteiger partial charge on any atom is 0.219 e. The highest BCUT2D eigenvalue weighted by molar-refractivity contribution is 14.1. The van der Waals surface area contributed by atoms with E-state index in [-0.39, 0.29) is 10.6 Å². The molecule has 1 aliphatic heterocycles. The van der Waals surface area contributed by atoms with Crippen molar-refractivity contribution in [2.45, 2.75) is 0 Å². The predicted molar refractivity (Wildman–Crippen MR) is 56.4 cm³/mol. The third kappa shape index (κ3) is 1.63. The lowest BCUT2D eigenvalue weighted by Crippen LogP contribution is -1.98. The van der Waals surface area contributed by atoms with Gasteiger partial charge in [-0.15, -0.1) is 0 Å². The Morgan fingerprint density at radius 1 is 1.58 bits per heavy atom. The maximum absolute atomic E-state index is 11.2. The summed E-state index contributed by atoms with van der Waals surface area (Å²) >= 11 is 1.91. The van der Waals surface area contributed by atoms with Crippen LogP contribution in [0.5, 0.6) is 0 Å². The van der Waals surface area contributed by atoms with Crippen LogP contribution < -0.4 is 0 Å². The van der Waals surface area contributed by atoms with Crippen LogP contribution in [0.25, 0.3) is 0 Å². The smallest absolute Gasteiger partial charge is 0.219 e. The molecule has 0 spiro atoms. The lowest BCUT2D eigenvalue weighted by molar-refractivity contribution is 0.615. The standard InChI is InChI=1S/C6H5IN2O2S/c7-2-1-6-5(3-8)9-4-12(6,10)11/h1-4,8H/b2-1-,8-3?. The highest BCUT2D eigenvalue weighted by Gasteiger charge is 2.22. The van der Waals surface area contributed by atoms with Crippen LogP contribution in [0.15, 0.2) is 25.8 Å². The van der Waals surface area contributed by atoms with E-state index in [1.807, 2.05) is 22.6 Å². The molecular formula is C6H5IN2O2S. The predicted octanol–water partition coefficient (Wildman–Crippen LogP) is 1.25. The maximum atomic E-state index is 11.2. The van der Waals surface area contributed by atoms with Crippen molar-refractivity contribution >= 4 is 44.2 Å². The summed E-state index contributed by atoms with van der Waals surface area (Å²) in [5.74, 6) is 0. The number of rotatable bonds is 2. The molecule has 0 atom stereocenters. The number of halogens is 1. The van der Waals surface area contributed by atoms with Gasteiger partial charge in [-0.25, -0.2) is 13.4 Å². The van der Waals surface area contributed by atoms with Crippen LogP contribution >= 0.6 is 22.6 Å². The Kier molecular flexibility index (Phi) is 2.78. The first kappa shape index (κ1) is 9.59. The quantitative estimate of drug-likeness (QED) is 0.615. The summed E-state index contributed by atoms with van der Waals surface area (Å²) in [6.45, 7) is 0. The van der Waals surface area contributed by atoms with E-state index in [2.05, 4.69) is 4.99 Å². The van der Waals surface area contributed by atoms with Gasteiger partial charge in [-0.3, -0.25) is 0 Å². The van der Waals surface area contributed by atoms with Gasteiger partial charge < -0.3 is 5.41 Å². The van der Waals surface area contributed by atoms with Crippen molar-refractivity contribution in [3.8, 4) is 0 Å². The molecule has 64 valence electrons. The van der Waals surface area contributed by atoms with E-state index in [4.69, 9.17) is 5.41 Å². The van der Waals surface area contributed by atoms with Crippen molar-refractivity contribution in [3.05, 3.63) is 20.8 Å². The number of sulfone groups is 1. The lowest BCUT2D eigenvalue weighted by Gasteiger charge is -1.91. The Bertz CT molecular complexity index is 392. The third-order valence-corrected chi connectivity index (χ3v) is 2.94. The highest BCUT2D eigenvalue weighted by Crippen LogP contribution is 2.19. The molecule has 1 heterocycles. The van der Waals surface area contributed by atoms with E-state index >= 15 is 0 Å². The summed E-state index contributed by atoms with van der Waals surface area (Å²) in [5, 5.41) is 6.89. The molecule has 12 heavy (non-hydrogen) atoms. The van der Waals surface area contributed by atoms with E-state index in [1.165, 1.54) is 6.08 Å². The van der Waals surface area contributed by atoms with Crippen LogP contribution in [-0.4, -0.2) is 20.2 Å². The van der Waals surface area contributed by atoms with Gasteiger partial charge >= 0.3 is 0 Å². The van der Waals surface area contributed by atoms with Crippen LogP contribution in [-0.2, 0) is 9.84 Å². The molecule has 0 aromatic carbocycles. The van der Waals surface area contributed by atoms with Crippen molar-refractivity contribution in [1.29, 1.82) is 5.41 Å². The van der Waals surface area contributed by atoms with Crippen molar-refractivity contribution in [2.75, 3.05) is 0 Å². The van der Waals surface area contributed by atoms with Gasteiger partial charge in [0.1, 0.15) is 16.1 Å². The summed E-state index contributed by atoms with van der Waals surface area (Å²) in [6.07, 6.45) is 2.34. The van der Waals surface area contributed by atoms with Gasteiger partial charge in [0, 0.05) is 6.21 Å². The minimum absolute atomic E-state index is 0.0897. The molecular weight excluding hydrogens is 291 g/mol. The molecule has 0 aromatic rings. The van der Waals surface area contributed by atoms with E-state index in [0.717, 1.165) is 11.8 Å². The minimum Gasteiger partial charge on any atom is -0.306 e. The van der Waals surface area contributed by atoms with E-state index in [1.54, 1.807) is 4.08 Å². The number of aliphatic imine (C=N–C) groups is 1. The topological polar surface area (TPSA) is 70.3 Å². The fraction of sp³-hybridized carbons (Fsp3) is 0. The van der Waals surface area contributed by atoms with Crippen LogP contribution in [0.1, 0.15) is 0 Å². The first-order valence-corrected chi connectivity index (χ1v) is 5.71. The van der Waals surface area contributed by atoms with Gasteiger partial charge in [-0.1, -0.05) is 22.6 Å². The summed E-state index contributed by atoms with van der Waals surface area (Å²) < 4.78 is 23.9. The number of nitrogens with one attached hydrogen (secondary N) is 1. The molecule has 0 aliphatic carbocycles. The number of nitrogens with zero attached hydrogens (tertiary/aromatic N) is 1. The molecule has 0 amide bonds. The number of hydrogen-bond donors (Lipinski definition) is 1. The summed E-state index contributed by atoms with van der Waals surface area (Å²) in [4.78, 5) is 3.67. The second kappa shape index (κ2) is 3.48.